The van der Waals surface area contributed by atoms with Crippen molar-refractivity contribution >= 4 is 34.8 Å². The summed E-state index contributed by atoms with van der Waals surface area (Å²) < 4.78 is 0. The van der Waals surface area contributed by atoms with Gasteiger partial charge in [0, 0.05) is 22.5 Å². The van der Waals surface area contributed by atoms with E-state index in [0.717, 1.165) is 23.1 Å². The van der Waals surface area contributed by atoms with Crippen molar-refractivity contribution in [2.45, 2.75) is 13.0 Å². The highest BCUT2D eigenvalue weighted by Crippen LogP contribution is 2.25. The number of primary amides is 2. The van der Waals surface area contributed by atoms with E-state index in [2.05, 4.69) is 10.7 Å². The first-order valence-corrected chi connectivity index (χ1v) is 6.92. The van der Waals surface area contributed by atoms with Crippen LogP contribution in [0.2, 0.25) is 5.02 Å². The minimum Gasteiger partial charge on any atom is -0.372 e. The van der Waals surface area contributed by atoms with Gasteiger partial charge in [-0.05, 0) is 26.2 Å². The van der Waals surface area contributed by atoms with Gasteiger partial charge in [-0.25, -0.2) is 0 Å². The van der Waals surface area contributed by atoms with Crippen LogP contribution in [0.25, 0.3) is 10.9 Å². The molecule has 0 fully saturated rings. The van der Waals surface area contributed by atoms with Crippen molar-refractivity contribution in [3.8, 4) is 0 Å². The number of hydrogen-bond acceptors (Lipinski definition) is 4. The molecule has 0 saturated carbocycles. The number of nitrogens with zero attached hydrogens (tertiary/aromatic N) is 2. The van der Waals surface area contributed by atoms with E-state index < -0.39 is 5.91 Å². The fraction of sp³-hybridized carbons (Fsp3) is 0.267. The van der Waals surface area contributed by atoms with Crippen LogP contribution in [-0.2, 0) is 22.6 Å². The molecular weight excluding hydrogens is 304 g/mol. The number of hydrogen-bond donors (Lipinski definition) is 2. The van der Waals surface area contributed by atoms with Crippen LogP contribution in [0.15, 0.2) is 24.3 Å². The number of fused-ring (bicyclic) bond motifs is 1. The molecule has 0 aliphatic carbocycles. The van der Waals surface area contributed by atoms with Crippen LogP contribution < -0.4 is 11.5 Å². The molecule has 7 heteroatoms. The molecule has 22 heavy (non-hydrogen) atoms. The molecule has 0 atom stereocenters. The molecule has 0 aliphatic rings. The third-order valence-corrected chi connectivity index (χ3v) is 3.15. The van der Waals surface area contributed by atoms with Crippen molar-refractivity contribution in [2.75, 3.05) is 14.1 Å². The minimum absolute atomic E-state index is 0.106. The van der Waals surface area contributed by atoms with Gasteiger partial charge in [0.15, 0.2) is 0 Å². The van der Waals surface area contributed by atoms with Crippen LogP contribution in [0.3, 0.4) is 0 Å². The summed E-state index contributed by atoms with van der Waals surface area (Å²) in [6.07, 6.45) is 0.356. The first-order chi connectivity index (χ1) is 10.4. The average molecular weight is 323 g/mol. The summed E-state index contributed by atoms with van der Waals surface area (Å²) in [5, 5.41) is 1.49. The second kappa shape index (κ2) is 8.31. The zero-order valence-electron chi connectivity index (χ0n) is 12.5. The second-order valence-electron chi connectivity index (χ2n) is 4.92. The number of amides is 2. The zero-order chi connectivity index (χ0) is 16.7. The van der Waals surface area contributed by atoms with Gasteiger partial charge in [-0.2, -0.15) is 0 Å². The van der Waals surface area contributed by atoms with E-state index in [1.165, 1.54) is 0 Å². The third-order valence-electron chi connectivity index (χ3n) is 2.80. The van der Waals surface area contributed by atoms with E-state index in [0.29, 0.717) is 10.6 Å². The molecule has 1 heterocycles. The summed E-state index contributed by atoms with van der Waals surface area (Å²) in [6.45, 7) is 0.735. The Morgan fingerprint density at radius 3 is 2.45 bits per heavy atom. The SMILES string of the molecule is CN(C)Cc1ccc2ccc(Cl)c(CC(N)=O)c2n1.NC=O. The van der Waals surface area contributed by atoms with Gasteiger partial charge in [0.2, 0.25) is 12.3 Å². The molecule has 0 unspecified atom stereocenters. The minimum atomic E-state index is -0.408. The average Bonchev–Trinajstić information content (AvgIpc) is 2.42. The first-order valence-electron chi connectivity index (χ1n) is 6.54. The van der Waals surface area contributed by atoms with Crippen LogP contribution in [0.4, 0.5) is 0 Å². The molecule has 4 N–H and O–H groups in total. The van der Waals surface area contributed by atoms with Crippen LogP contribution >= 0.6 is 11.6 Å². The van der Waals surface area contributed by atoms with Crippen molar-refractivity contribution in [1.82, 2.24) is 9.88 Å². The van der Waals surface area contributed by atoms with Gasteiger partial charge in [-0.3, -0.25) is 14.6 Å². The molecular formula is C15H19ClN4O2. The van der Waals surface area contributed by atoms with E-state index in [1.54, 1.807) is 6.07 Å². The summed E-state index contributed by atoms with van der Waals surface area (Å²) in [4.78, 5) is 26.4. The van der Waals surface area contributed by atoms with Crippen molar-refractivity contribution in [1.29, 1.82) is 0 Å². The van der Waals surface area contributed by atoms with Crippen molar-refractivity contribution in [2.24, 2.45) is 11.5 Å². The molecule has 0 spiro atoms. The summed E-state index contributed by atoms with van der Waals surface area (Å²) >= 11 is 6.15. The smallest absolute Gasteiger partial charge is 0.221 e. The van der Waals surface area contributed by atoms with Gasteiger partial charge >= 0.3 is 0 Å². The quantitative estimate of drug-likeness (QED) is 0.822. The fourth-order valence-electron chi connectivity index (χ4n) is 2.02. The number of carbonyl (C=O) groups excluding carboxylic acids is 2. The van der Waals surface area contributed by atoms with E-state index in [4.69, 9.17) is 22.1 Å². The largest absolute Gasteiger partial charge is 0.372 e. The highest BCUT2D eigenvalue weighted by Gasteiger charge is 2.11. The molecule has 2 aromatic rings. The summed E-state index contributed by atoms with van der Waals surface area (Å²) in [5.41, 5.74) is 11.8. The van der Waals surface area contributed by atoms with Crippen molar-refractivity contribution < 1.29 is 9.59 Å². The Morgan fingerprint density at radius 2 is 1.91 bits per heavy atom. The number of benzene rings is 1. The van der Waals surface area contributed by atoms with E-state index in [9.17, 15) is 4.79 Å². The lowest BCUT2D eigenvalue weighted by Gasteiger charge is -2.11. The highest BCUT2D eigenvalue weighted by atomic mass is 35.5. The van der Waals surface area contributed by atoms with Crippen LogP contribution in [0, 0.1) is 0 Å². The van der Waals surface area contributed by atoms with Crippen molar-refractivity contribution in [3.63, 3.8) is 0 Å². The standard InChI is InChI=1S/C14H16ClN3O.CH3NO/c1-18(2)8-10-5-3-9-4-6-12(15)11(7-13(16)19)14(9)17-10;2-1-3/h3-6H,7-8H2,1-2H3,(H2,16,19);1H,(H2,2,3). The summed E-state index contributed by atoms with van der Waals surface area (Å²) in [6, 6.07) is 7.64. The molecule has 118 valence electrons. The van der Waals surface area contributed by atoms with E-state index in [-0.39, 0.29) is 12.8 Å². The molecule has 2 amide bonds. The maximum absolute atomic E-state index is 11.2. The van der Waals surface area contributed by atoms with Crippen LogP contribution in [0.1, 0.15) is 11.3 Å². The maximum Gasteiger partial charge on any atom is 0.221 e. The number of nitrogens with two attached hydrogens (primary N) is 2. The third kappa shape index (κ3) is 4.98. The number of rotatable bonds is 4. The highest BCUT2D eigenvalue weighted by molar-refractivity contribution is 6.32. The van der Waals surface area contributed by atoms with Gasteiger partial charge in [0.05, 0.1) is 17.6 Å². The first kappa shape index (κ1) is 17.9. The molecule has 2 rings (SSSR count). The monoisotopic (exact) mass is 322 g/mol. The lowest BCUT2D eigenvalue weighted by atomic mass is 10.1. The van der Waals surface area contributed by atoms with Crippen LogP contribution in [0.5, 0.6) is 0 Å². The molecule has 1 aromatic carbocycles. The summed E-state index contributed by atoms with van der Waals surface area (Å²) in [5.74, 6) is -0.408. The predicted molar refractivity (Wildman–Crippen MR) is 87.3 cm³/mol. The Kier molecular flexibility index (Phi) is 6.75. The van der Waals surface area contributed by atoms with Gasteiger partial charge in [-0.15, -0.1) is 0 Å². The Labute approximate surface area is 134 Å². The number of aromatic nitrogens is 1. The van der Waals surface area contributed by atoms with Crippen molar-refractivity contribution in [3.05, 3.63) is 40.5 Å². The number of halogens is 1. The summed E-state index contributed by atoms with van der Waals surface area (Å²) in [7, 11) is 3.96. The fourth-order valence-corrected chi connectivity index (χ4v) is 2.24. The predicted octanol–water partition coefficient (Wildman–Crippen LogP) is 1.08. The van der Waals surface area contributed by atoms with Gasteiger partial charge in [0.1, 0.15) is 0 Å². The Bertz CT molecular complexity index is 674. The molecule has 0 aliphatic heterocycles. The lowest BCUT2D eigenvalue weighted by Crippen LogP contribution is -2.15. The normalized spacial score (nSPS) is 10.2. The maximum atomic E-state index is 11.2. The van der Waals surface area contributed by atoms with Gasteiger partial charge < -0.3 is 16.4 Å². The number of carbonyl (C=O) groups is 2. The van der Waals surface area contributed by atoms with E-state index >= 15 is 0 Å². The van der Waals surface area contributed by atoms with Crippen LogP contribution in [-0.4, -0.2) is 36.3 Å². The Morgan fingerprint density at radius 1 is 1.32 bits per heavy atom. The van der Waals surface area contributed by atoms with Gasteiger partial charge in [-0.1, -0.05) is 23.7 Å². The second-order valence-corrected chi connectivity index (χ2v) is 5.32. The molecule has 0 bridgehead atoms. The molecule has 0 radical (unpaired) electrons. The number of pyridine rings is 1. The lowest BCUT2D eigenvalue weighted by molar-refractivity contribution is -0.117. The Balaban J connectivity index is 0.000000745. The molecule has 0 saturated heterocycles. The zero-order valence-corrected chi connectivity index (χ0v) is 13.3. The molecule has 6 nitrogen and oxygen atoms in total. The Hall–Kier alpha value is -2.18. The van der Waals surface area contributed by atoms with Gasteiger partial charge in [0.25, 0.3) is 0 Å². The molecule has 1 aromatic heterocycles. The van der Waals surface area contributed by atoms with E-state index in [1.807, 2.05) is 37.2 Å². The topological polar surface area (TPSA) is 102 Å².